The molecule has 31 heavy (non-hydrogen) atoms. The van der Waals surface area contributed by atoms with Crippen LogP contribution in [0.1, 0.15) is 36.8 Å². The van der Waals surface area contributed by atoms with Crippen molar-refractivity contribution in [2.75, 3.05) is 4.90 Å². The molecule has 3 fully saturated rings. The Bertz CT molecular complexity index is 1030. The molecule has 1 saturated carbocycles. The third kappa shape index (κ3) is 3.64. The largest absolute Gasteiger partial charge is 0.332 e. The summed E-state index contributed by atoms with van der Waals surface area (Å²) < 4.78 is 13.4. The second-order valence-corrected chi connectivity index (χ2v) is 10.5. The maximum atomic E-state index is 13.8. The molecule has 0 bridgehead atoms. The van der Waals surface area contributed by atoms with Crippen LogP contribution >= 0.6 is 23.4 Å². The summed E-state index contributed by atoms with van der Waals surface area (Å²) in [6.45, 7) is 2.23. The fraction of sp³-hybridized carbons (Fsp3) is 0.417. The van der Waals surface area contributed by atoms with Gasteiger partial charge in [-0.2, -0.15) is 0 Å². The molecule has 4 nitrogen and oxygen atoms in total. The van der Waals surface area contributed by atoms with Gasteiger partial charge >= 0.3 is 6.03 Å². The van der Waals surface area contributed by atoms with Crippen LogP contribution in [-0.2, 0) is 11.3 Å². The van der Waals surface area contributed by atoms with Crippen molar-refractivity contribution in [3.8, 4) is 0 Å². The first-order valence-corrected chi connectivity index (χ1v) is 12.1. The van der Waals surface area contributed by atoms with Crippen LogP contribution in [0, 0.1) is 18.7 Å². The minimum atomic E-state index is -0.312. The van der Waals surface area contributed by atoms with Gasteiger partial charge in [-0.15, -0.1) is 11.8 Å². The number of anilines is 1. The van der Waals surface area contributed by atoms with E-state index < -0.39 is 0 Å². The molecular formula is C24H24ClFN2O2S. The number of aryl methyl sites for hydroxylation is 1. The molecular weight excluding hydrogens is 435 g/mol. The molecule has 2 saturated heterocycles. The molecule has 3 aliphatic rings. The van der Waals surface area contributed by atoms with Gasteiger partial charge in [0.05, 0.1) is 11.7 Å². The first-order valence-electron chi connectivity index (χ1n) is 10.7. The third-order valence-electron chi connectivity index (χ3n) is 6.76. The fourth-order valence-electron chi connectivity index (χ4n) is 5.26. The molecule has 4 atom stereocenters. The predicted octanol–water partition coefficient (Wildman–Crippen LogP) is 5.80. The monoisotopic (exact) mass is 458 g/mol. The van der Waals surface area contributed by atoms with Crippen molar-refractivity contribution in [3.05, 3.63) is 64.4 Å². The number of carbonyl (C=O) groups is 2. The van der Waals surface area contributed by atoms with Gasteiger partial charge in [-0.1, -0.05) is 42.6 Å². The molecule has 0 aromatic heterocycles. The Morgan fingerprint density at radius 2 is 1.84 bits per heavy atom. The Morgan fingerprint density at radius 3 is 2.61 bits per heavy atom. The van der Waals surface area contributed by atoms with E-state index in [1.54, 1.807) is 36.0 Å². The van der Waals surface area contributed by atoms with Gasteiger partial charge in [-0.3, -0.25) is 4.79 Å². The van der Waals surface area contributed by atoms with E-state index >= 15 is 0 Å². The van der Waals surface area contributed by atoms with Gasteiger partial charge in [0, 0.05) is 16.8 Å². The topological polar surface area (TPSA) is 40.6 Å². The number of rotatable bonds is 3. The standard InChI is InChI=1S/C24H24ClFN2O2S/c1-14-6-9-16(25)12-19(14)28-23(29)22-21(18-4-2-3-5-20(18)31-22)27(24(28)30)13-15-7-10-17(26)11-8-15/h6-12,18,20-22H,2-5,13H2,1H3. The summed E-state index contributed by atoms with van der Waals surface area (Å²) in [6.07, 6.45) is 4.43. The van der Waals surface area contributed by atoms with Gasteiger partial charge in [0.15, 0.2) is 0 Å². The van der Waals surface area contributed by atoms with Gasteiger partial charge in [0.2, 0.25) is 5.91 Å². The molecule has 7 heteroatoms. The number of benzene rings is 2. The van der Waals surface area contributed by atoms with Crippen LogP contribution in [0.3, 0.4) is 0 Å². The predicted molar refractivity (Wildman–Crippen MR) is 122 cm³/mol. The van der Waals surface area contributed by atoms with Crippen LogP contribution in [0.2, 0.25) is 5.02 Å². The lowest BCUT2D eigenvalue weighted by atomic mass is 9.81. The number of hydrogen-bond donors (Lipinski definition) is 0. The summed E-state index contributed by atoms with van der Waals surface area (Å²) in [5, 5.41) is 0.599. The lowest BCUT2D eigenvalue weighted by molar-refractivity contribution is -0.120. The number of amides is 3. The van der Waals surface area contributed by atoms with Crippen LogP contribution in [0.25, 0.3) is 0 Å². The van der Waals surface area contributed by atoms with Gasteiger partial charge in [0.25, 0.3) is 0 Å². The van der Waals surface area contributed by atoms with Crippen LogP contribution < -0.4 is 4.90 Å². The smallest absolute Gasteiger partial charge is 0.315 e. The number of halogens is 2. The van der Waals surface area contributed by atoms with Gasteiger partial charge in [-0.05, 0) is 61.1 Å². The highest BCUT2D eigenvalue weighted by Gasteiger charge is 2.57. The number of nitrogens with zero attached hydrogens (tertiary/aromatic N) is 2. The molecule has 0 spiro atoms. The van der Waals surface area contributed by atoms with Crippen LogP contribution in [0.5, 0.6) is 0 Å². The lowest BCUT2D eigenvalue weighted by Crippen LogP contribution is -2.63. The summed E-state index contributed by atoms with van der Waals surface area (Å²) >= 11 is 7.96. The Kier molecular flexibility index (Phi) is 5.47. The van der Waals surface area contributed by atoms with Gasteiger partial charge in [-0.25, -0.2) is 14.1 Å². The minimum Gasteiger partial charge on any atom is -0.315 e. The van der Waals surface area contributed by atoms with E-state index in [0.29, 0.717) is 28.4 Å². The highest BCUT2D eigenvalue weighted by atomic mass is 35.5. The van der Waals surface area contributed by atoms with Crippen molar-refractivity contribution in [1.82, 2.24) is 4.90 Å². The minimum absolute atomic E-state index is 0.129. The Labute approximate surface area is 190 Å². The van der Waals surface area contributed by atoms with Crippen molar-refractivity contribution >= 4 is 41.0 Å². The summed E-state index contributed by atoms with van der Waals surface area (Å²) in [5.41, 5.74) is 2.22. The summed E-state index contributed by atoms with van der Waals surface area (Å²) in [4.78, 5) is 30.6. The number of carbonyl (C=O) groups excluding carboxylic acids is 2. The Balaban J connectivity index is 1.57. The van der Waals surface area contributed by atoms with Crippen molar-refractivity contribution in [2.24, 2.45) is 5.92 Å². The van der Waals surface area contributed by atoms with Crippen molar-refractivity contribution < 1.29 is 14.0 Å². The molecule has 5 rings (SSSR count). The SMILES string of the molecule is Cc1ccc(Cl)cc1N1C(=O)C2SC3CCCCC3C2N(Cc2ccc(F)cc2)C1=O. The zero-order valence-corrected chi connectivity index (χ0v) is 18.8. The van der Waals surface area contributed by atoms with Gasteiger partial charge in [0.1, 0.15) is 11.1 Å². The second kappa shape index (κ2) is 8.14. The molecule has 3 amide bonds. The van der Waals surface area contributed by atoms with Crippen LogP contribution in [0.4, 0.5) is 14.9 Å². The average molecular weight is 459 g/mol. The summed E-state index contributed by atoms with van der Waals surface area (Å²) in [7, 11) is 0. The molecule has 2 aromatic rings. The molecule has 2 heterocycles. The van der Waals surface area contributed by atoms with Crippen LogP contribution in [-0.4, -0.2) is 33.4 Å². The second-order valence-electron chi connectivity index (χ2n) is 8.68. The fourth-order valence-corrected chi connectivity index (χ4v) is 7.34. The zero-order valence-electron chi connectivity index (χ0n) is 17.3. The molecule has 1 aliphatic carbocycles. The first-order chi connectivity index (χ1) is 14.9. The number of fused-ring (bicyclic) bond motifs is 3. The Morgan fingerprint density at radius 1 is 1.10 bits per heavy atom. The van der Waals surface area contributed by atoms with E-state index in [0.717, 1.165) is 30.4 Å². The van der Waals surface area contributed by atoms with E-state index in [4.69, 9.17) is 11.6 Å². The maximum absolute atomic E-state index is 13.8. The zero-order chi connectivity index (χ0) is 21.7. The van der Waals surface area contributed by atoms with Gasteiger partial charge < -0.3 is 4.90 Å². The third-order valence-corrected chi connectivity index (χ3v) is 8.71. The van der Waals surface area contributed by atoms with Crippen molar-refractivity contribution in [3.63, 3.8) is 0 Å². The van der Waals surface area contributed by atoms with E-state index in [1.807, 2.05) is 17.9 Å². The highest BCUT2D eigenvalue weighted by Crippen LogP contribution is 2.51. The lowest BCUT2D eigenvalue weighted by Gasteiger charge is -2.44. The molecule has 2 aliphatic heterocycles. The number of hydrogen-bond acceptors (Lipinski definition) is 3. The average Bonchev–Trinajstić information content (AvgIpc) is 3.15. The van der Waals surface area contributed by atoms with E-state index in [1.165, 1.54) is 23.5 Å². The van der Waals surface area contributed by atoms with E-state index in [9.17, 15) is 14.0 Å². The van der Waals surface area contributed by atoms with Crippen molar-refractivity contribution in [1.29, 1.82) is 0 Å². The number of urea groups is 1. The molecule has 2 aromatic carbocycles. The molecule has 162 valence electrons. The van der Waals surface area contributed by atoms with E-state index in [2.05, 4.69) is 0 Å². The van der Waals surface area contributed by atoms with Crippen LogP contribution in [0.15, 0.2) is 42.5 Å². The quantitative estimate of drug-likeness (QED) is 0.583. The van der Waals surface area contributed by atoms with Crippen molar-refractivity contribution in [2.45, 2.75) is 55.7 Å². The molecule has 0 radical (unpaired) electrons. The summed E-state index contributed by atoms with van der Waals surface area (Å²) in [6, 6.07) is 11.1. The number of thioether (sulfide) groups is 1. The van der Waals surface area contributed by atoms with E-state index in [-0.39, 0.29) is 29.0 Å². The molecule has 0 N–H and O–H groups in total. The maximum Gasteiger partial charge on any atom is 0.332 e. The number of imide groups is 1. The normalized spacial score (nSPS) is 28.0. The summed E-state index contributed by atoms with van der Waals surface area (Å²) in [5.74, 6) is -0.128. The molecule has 4 unspecified atom stereocenters. The Hall–Kier alpha value is -2.05. The highest BCUT2D eigenvalue weighted by molar-refractivity contribution is 8.01. The first kappa shape index (κ1) is 20.8.